The topological polar surface area (TPSA) is 92.6 Å². The van der Waals surface area contributed by atoms with E-state index in [4.69, 9.17) is 9.94 Å². The largest absolute Gasteiger partial charge is 0.394 e. The van der Waals surface area contributed by atoms with E-state index in [9.17, 15) is 14.0 Å². The van der Waals surface area contributed by atoms with E-state index in [0.717, 1.165) is 5.56 Å². The van der Waals surface area contributed by atoms with Gasteiger partial charge in [0, 0.05) is 12.6 Å². The predicted octanol–water partition coefficient (Wildman–Crippen LogP) is 2.35. The normalized spacial score (nSPS) is 14.6. The number of anilines is 2. The minimum Gasteiger partial charge on any atom is -0.394 e. The van der Waals surface area contributed by atoms with Crippen LogP contribution in [0, 0.1) is 18.2 Å². The SMILES string of the molecule is Cc1ccc(Nc2c(C(=O)NOCCO)c3c(c(=O)n2C)CC(C)(C)C3)c(F)c1. The highest BCUT2D eigenvalue weighted by Crippen LogP contribution is 2.39. The summed E-state index contributed by atoms with van der Waals surface area (Å²) in [6.45, 7) is 5.52. The number of hydroxylamine groups is 1. The van der Waals surface area contributed by atoms with Crippen LogP contribution in [-0.4, -0.2) is 28.8 Å². The van der Waals surface area contributed by atoms with E-state index in [1.54, 1.807) is 26.1 Å². The molecule has 7 nitrogen and oxygen atoms in total. The molecule has 2 aromatic rings. The number of benzene rings is 1. The Morgan fingerprint density at radius 1 is 1.31 bits per heavy atom. The van der Waals surface area contributed by atoms with Gasteiger partial charge < -0.3 is 10.4 Å². The van der Waals surface area contributed by atoms with E-state index in [1.165, 1.54) is 10.6 Å². The van der Waals surface area contributed by atoms with Crippen LogP contribution in [0.15, 0.2) is 23.0 Å². The molecule has 0 saturated heterocycles. The zero-order chi connectivity index (χ0) is 21.3. The number of aromatic nitrogens is 1. The van der Waals surface area contributed by atoms with Gasteiger partial charge in [-0.15, -0.1) is 0 Å². The highest BCUT2D eigenvalue weighted by Gasteiger charge is 2.36. The van der Waals surface area contributed by atoms with Crippen LogP contribution in [-0.2, 0) is 24.7 Å². The molecule has 1 aliphatic rings. The van der Waals surface area contributed by atoms with Crippen molar-refractivity contribution in [2.45, 2.75) is 33.6 Å². The second-order valence-corrected chi connectivity index (χ2v) is 8.17. The molecule has 0 spiro atoms. The molecule has 1 amide bonds. The number of fused-ring (bicyclic) bond motifs is 1. The first-order chi connectivity index (χ1) is 13.6. The van der Waals surface area contributed by atoms with Crippen molar-refractivity contribution in [3.05, 3.63) is 56.6 Å². The number of halogens is 1. The zero-order valence-corrected chi connectivity index (χ0v) is 17.1. The van der Waals surface area contributed by atoms with Gasteiger partial charge in [-0.25, -0.2) is 9.87 Å². The fourth-order valence-electron chi connectivity index (χ4n) is 3.74. The number of aliphatic hydroxyl groups is 1. The van der Waals surface area contributed by atoms with E-state index in [2.05, 4.69) is 10.8 Å². The first-order valence-electron chi connectivity index (χ1n) is 9.45. The number of hydrogen-bond donors (Lipinski definition) is 3. The molecule has 1 aromatic carbocycles. The summed E-state index contributed by atoms with van der Waals surface area (Å²) >= 11 is 0. The average molecular weight is 403 g/mol. The molecule has 1 heterocycles. The quantitative estimate of drug-likeness (QED) is 0.509. The maximum absolute atomic E-state index is 14.4. The van der Waals surface area contributed by atoms with Gasteiger partial charge in [0.15, 0.2) is 0 Å². The van der Waals surface area contributed by atoms with Crippen molar-refractivity contribution in [2.75, 3.05) is 18.5 Å². The summed E-state index contributed by atoms with van der Waals surface area (Å²) in [6, 6.07) is 4.68. The molecule has 0 bridgehead atoms. The maximum Gasteiger partial charge on any atom is 0.278 e. The van der Waals surface area contributed by atoms with Crippen LogP contribution >= 0.6 is 0 Å². The Labute approximate surface area is 168 Å². The van der Waals surface area contributed by atoms with Crippen LogP contribution in [0.4, 0.5) is 15.9 Å². The third-order valence-corrected chi connectivity index (χ3v) is 5.07. The molecule has 0 atom stereocenters. The Balaban J connectivity index is 2.15. The Kier molecular flexibility index (Phi) is 5.77. The first kappa shape index (κ1) is 21.0. The predicted molar refractivity (Wildman–Crippen MR) is 108 cm³/mol. The number of aliphatic hydroxyl groups excluding tert-OH is 1. The Hall–Kier alpha value is -2.71. The number of carbonyl (C=O) groups excluding carboxylic acids is 1. The fraction of sp³-hybridized carbons (Fsp3) is 0.429. The lowest BCUT2D eigenvalue weighted by Gasteiger charge is -2.20. The van der Waals surface area contributed by atoms with Crippen LogP contribution in [0.1, 0.15) is 40.9 Å². The van der Waals surface area contributed by atoms with Crippen molar-refractivity contribution in [3.8, 4) is 0 Å². The van der Waals surface area contributed by atoms with E-state index in [1.807, 2.05) is 13.8 Å². The molecule has 1 aliphatic carbocycles. The van der Waals surface area contributed by atoms with Crippen LogP contribution in [0.25, 0.3) is 0 Å². The molecular weight excluding hydrogens is 377 g/mol. The molecule has 3 N–H and O–H groups in total. The summed E-state index contributed by atoms with van der Waals surface area (Å²) < 4.78 is 15.8. The van der Waals surface area contributed by atoms with E-state index in [-0.39, 0.29) is 41.3 Å². The average Bonchev–Trinajstić information content (AvgIpc) is 2.97. The maximum atomic E-state index is 14.4. The second-order valence-electron chi connectivity index (χ2n) is 8.17. The number of aryl methyl sites for hydroxylation is 1. The molecule has 3 rings (SSSR count). The summed E-state index contributed by atoms with van der Waals surface area (Å²) in [5.74, 6) is -0.849. The van der Waals surface area contributed by atoms with Gasteiger partial charge in [-0.3, -0.25) is 19.0 Å². The molecular formula is C21H26FN3O4. The van der Waals surface area contributed by atoms with Gasteiger partial charge in [0.05, 0.1) is 24.5 Å². The number of amides is 1. The molecule has 0 unspecified atom stereocenters. The smallest absolute Gasteiger partial charge is 0.278 e. The van der Waals surface area contributed by atoms with Gasteiger partial charge in [-0.2, -0.15) is 0 Å². The summed E-state index contributed by atoms with van der Waals surface area (Å²) in [5, 5.41) is 11.8. The number of nitrogens with zero attached hydrogens (tertiary/aromatic N) is 1. The number of carbonyl (C=O) groups is 1. The van der Waals surface area contributed by atoms with Crippen molar-refractivity contribution in [2.24, 2.45) is 12.5 Å². The van der Waals surface area contributed by atoms with E-state index >= 15 is 0 Å². The van der Waals surface area contributed by atoms with Crippen molar-refractivity contribution in [3.63, 3.8) is 0 Å². The highest BCUT2D eigenvalue weighted by atomic mass is 19.1. The summed E-state index contributed by atoms with van der Waals surface area (Å²) in [4.78, 5) is 30.9. The molecule has 0 radical (unpaired) electrons. The van der Waals surface area contributed by atoms with Gasteiger partial charge in [-0.1, -0.05) is 19.9 Å². The minimum absolute atomic E-state index is 0.0689. The van der Waals surface area contributed by atoms with Crippen molar-refractivity contribution >= 4 is 17.4 Å². The van der Waals surface area contributed by atoms with Crippen molar-refractivity contribution in [1.29, 1.82) is 0 Å². The summed E-state index contributed by atoms with van der Waals surface area (Å²) in [6.07, 6.45) is 1.08. The van der Waals surface area contributed by atoms with Crippen molar-refractivity contribution < 1.29 is 19.1 Å². The Morgan fingerprint density at radius 2 is 2.00 bits per heavy atom. The lowest BCUT2D eigenvalue weighted by atomic mass is 9.90. The second kappa shape index (κ2) is 7.96. The molecule has 0 fully saturated rings. The van der Waals surface area contributed by atoms with Crippen molar-refractivity contribution in [1.82, 2.24) is 10.0 Å². The third-order valence-electron chi connectivity index (χ3n) is 5.07. The van der Waals surface area contributed by atoms with E-state index in [0.29, 0.717) is 24.0 Å². The molecule has 156 valence electrons. The van der Waals surface area contributed by atoms with Crippen LogP contribution in [0.2, 0.25) is 0 Å². The number of hydrogen-bond acceptors (Lipinski definition) is 5. The standard InChI is InChI=1S/C21H26FN3O4/c1-12-5-6-16(15(22)9-12)23-18-17(19(27)24-29-8-7-26)13-10-21(2,3)11-14(13)20(28)25(18)4/h5-6,9,23,26H,7-8,10-11H2,1-4H3,(H,24,27). The van der Waals surface area contributed by atoms with Gasteiger partial charge in [-0.05, 0) is 48.4 Å². The van der Waals surface area contributed by atoms with Crippen LogP contribution < -0.4 is 16.4 Å². The molecule has 29 heavy (non-hydrogen) atoms. The Morgan fingerprint density at radius 3 is 2.66 bits per heavy atom. The lowest BCUT2D eigenvalue weighted by molar-refractivity contribution is 0.0168. The highest BCUT2D eigenvalue weighted by molar-refractivity contribution is 6.01. The fourth-order valence-corrected chi connectivity index (χ4v) is 3.74. The molecule has 1 aromatic heterocycles. The van der Waals surface area contributed by atoms with Gasteiger partial charge in [0.25, 0.3) is 11.5 Å². The monoisotopic (exact) mass is 403 g/mol. The third kappa shape index (κ3) is 4.18. The van der Waals surface area contributed by atoms with Crippen LogP contribution in [0.3, 0.4) is 0 Å². The number of pyridine rings is 1. The van der Waals surface area contributed by atoms with Gasteiger partial charge in [0.1, 0.15) is 11.6 Å². The minimum atomic E-state index is -0.557. The first-order valence-corrected chi connectivity index (χ1v) is 9.45. The summed E-state index contributed by atoms with van der Waals surface area (Å²) in [7, 11) is 1.55. The molecule has 0 aliphatic heterocycles. The molecule has 8 heteroatoms. The summed E-state index contributed by atoms with van der Waals surface area (Å²) in [5.41, 5.74) is 4.29. The van der Waals surface area contributed by atoms with Crippen LogP contribution in [0.5, 0.6) is 0 Å². The van der Waals surface area contributed by atoms with Gasteiger partial charge in [0.2, 0.25) is 0 Å². The van der Waals surface area contributed by atoms with E-state index < -0.39 is 11.7 Å². The number of rotatable bonds is 6. The zero-order valence-electron chi connectivity index (χ0n) is 17.1. The van der Waals surface area contributed by atoms with Gasteiger partial charge >= 0.3 is 0 Å². The Bertz CT molecular complexity index is 1010. The molecule has 0 saturated carbocycles. The number of nitrogens with one attached hydrogen (secondary N) is 2. The lowest BCUT2D eigenvalue weighted by Crippen LogP contribution is -2.32.